The molecule has 0 spiro atoms. The van der Waals surface area contributed by atoms with Crippen LogP contribution in [0.5, 0.6) is 0 Å². The number of hydrogen-bond acceptors (Lipinski definition) is 9. The molecular formula is C5H10N8O. The number of hydrogen-bond donors (Lipinski definition) is 5. The van der Waals surface area contributed by atoms with Crippen LogP contribution in [0.4, 0.5) is 0 Å². The van der Waals surface area contributed by atoms with Gasteiger partial charge in [0.1, 0.15) is 6.07 Å². The van der Waals surface area contributed by atoms with Gasteiger partial charge in [0.25, 0.3) is 6.02 Å². The summed E-state index contributed by atoms with van der Waals surface area (Å²) >= 11 is 0. The average Bonchev–Trinajstić information content (AvgIpc) is 2.25. The summed E-state index contributed by atoms with van der Waals surface area (Å²) in [5.41, 5.74) is 4.58. The fourth-order valence-corrected chi connectivity index (χ4v) is 0.750. The van der Waals surface area contributed by atoms with E-state index in [-0.39, 0.29) is 18.6 Å². The van der Waals surface area contributed by atoms with Gasteiger partial charge in [-0.3, -0.25) is 16.6 Å². The topological polar surface area (TPSA) is 146 Å². The van der Waals surface area contributed by atoms with Gasteiger partial charge in [-0.2, -0.15) is 10.3 Å². The third-order valence-corrected chi connectivity index (χ3v) is 1.28. The lowest BCUT2D eigenvalue weighted by Crippen LogP contribution is -2.51. The molecule has 0 saturated carbocycles. The first-order valence-electron chi connectivity index (χ1n) is 3.65. The Hall–Kier alpha value is -1.89. The second-order valence-corrected chi connectivity index (χ2v) is 2.17. The van der Waals surface area contributed by atoms with Gasteiger partial charge in [0.05, 0.1) is 0 Å². The molecule has 1 rings (SSSR count). The lowest BCUT2D eigenvalue weighted by Gasteiger charge is -2.18. The van der Waals surface area contributed by atoms with Crippen LogP contribution < -0.4 is 27.9 Å². The molecule has 9 nitrogen and oxygen atoms in total. The van der Waals surface area contributed by atoms with Crippen LogP contribution in [0.2, 0.25) is 0 Å². The van der Waals surface area contributed by atoms with Crippen molar-refractivity contribution in [1.82, 2.24) is 16.2 Å². The quantitative estimate of drug-likeness (QED) is 0.235. The Morgan fingerprint density at radius 1 is 1.57 bits per heavy atom. The largest absolute Gasteiger partial charge is 0.449 e. The van der Waals surface area contributed by atoms with Crippen LogP contribution in [0.25, 0.3) is 0 Å². The van der Waals surface area contributed by atoms with Crippen molar-refractivity contribution in [2.45, 2.75) is 6.29 Å². The van der Waals surface area contributed by atoms with Crippen LogP contribution in [-0.4, -0.2) is 24.9 Å². The van der Waals surface area contributed by atoms with Crippen molar-refractivity contribution in [1.29, 1.82) is 5.26 Å². The molecule has 1 atom stereocenters. The van der Waals surface area contributed by atoms with Crippen LogP contribution in [0, 0.1) is 11.3 Å². The highest BCUT2D eigenvalue weighted by Crippen LogP contribution is 1.94. The normalized spacial score (nSPS) is 19.9. The van der Waals surface area contributed by atoms with Gasteiger partial charge in [-0.05, 0) is 0 Å². The molecule has 0 fully saturated rings. The molecule has 1 unspecified atom stereocenters. The zero-order chi connectivity index (χ0) is 10.4. The molecule has 0 aromatic rings. The zero-order valence-corrected chi connectivity index (χ0v) is 7.19. The fraction of sp³-hybridized carbons (Fsp3) is 0.400. The number of rotatable bonds is 2. The molecule has 76 valence electrons. The van der Waals surface area contributed by atoms with Crippen LogP contribution in [0.15, 0.2) is 9.98 Å². The van der Waals surface area contributed by atoms with Gasteiger partial charge >= 0.3 is 0 Å². The summed E-state index contributed by atoms with van der Waals surface area (Å²) < 4.78 is 4.90. The number of aliphatic imine (C=N–C) groups is 2. The van der Waals surface area contributed by atoms with Gasteiger partial charge in [-0.1, -0.05) is 0 Å². The Morgan fingerprint density at radius 2 is 2.36 bits per heavy atom. The first-order chi connectivity index (χ1) is 6.80. The van der Waals surface area contributed by atoms with Gasteiger partial charge in [0, 0.05) is 0 Å². The monoisotopic (exact) mass is 198 g/mol. The summed E-state index contributed by atoms with van der Waals surface area (Å²) in [7, 11) is 0. The maximum Gasteiger partial charge on any atom is 0.296 e. The minimum atomic E-state index is -0.684. The van der Waals surface area contributed by atoms with Crippen LogP contribution >= 0.6 is 0 Å². The minimum Gasteiger partial charge on any atom is -0.449 e. The molecule has 1 heterocycles. The van der Waals surface area contributed by atoms with Gasteiger partial charge in [0.15, 0.2) is 6.61 Å². The van der Waals surface area contributed by atoms with E-state index in [4.69, 9.17) is 21.7 Å². The highest BCUT2D eigenvalue weighted by molar-refractivity contribution is 5.97. The first kappa shape index (κ1) is 10.2. The molecule has 14 heavy (non-hydrogen) atoms. The molecule has 0 aromatic carbocycles. The number of amidine groups is 1. The Kier molecular flexibility index (Phi) is 3.62. The third-order valence-electron chi connectivity index (χ3n) is 1.28. The molecule has 0 radical (unpaired) electrons. The summed E-state index contributed by atoms with van der Waals surface area (Å²) in [6, 6.07) is 1.92. The molecule has 0 amide bonds. The summed E-state index contributed by atoms with van der Waals surface area (Å²) in [5, 5.41) is 10.9. The Morgan fingerprint density at radius 3 is 2.93 bits per heavy atom. The lowest BCUT2D eigenvalue weighted by molar-refractivity contribution is 0.333. The fourth-order valence-electron chi connectivity index (χ4n) is 0.750. The molecule has 9 heteroatoms. The molecule has 1 aliphatic heterocycles. The van der Waals surface area contributed by atoms with Crippen molar-refractivity contribution in [2.75, 3.05) is 6.61 Å². The Balaban J connectivity index is 2.61. The predicted molar refractivity (Wildman–Crippen MR) is 48.0 cm³/mol. The second kappa shape index (κ2) is 4.97. The number of ether oxygens (including phenoxy) is 1. The van der Waals surface area contributed by atoms with Gasteiger partial charge in [0.2, 0.25) is 12.2 Å². The number of nitriles is 1. The van der Waals surface area contributed by atoms with E-state index in [0.717, 1.165) is 0 Å². The highest BCUT2D eigenvalue weighted by Gasteiger charge is 2.15. The molecule has 1 aliphatic rings. The molecule has 0 bridgehead atoms. The van der Waals surface area contributed by atoms with E-state index in [1.165, 1.54) is 0 Å². The summed E-state index contributed by atoms with van der Waals surface area (Å²) in [6.07, 6.45) is -0.684. The van der Waals surface area contributed by atoms with Crippen molar-refractivity contribution in [2.24, 2.45) is 21.7 Å². The van der Waals surface area contributed by atoms with Crippen molar-refractivity contribution in [3.63, 3.8) is 0 Å². The average molecular weight is 198 g/mol. The summed E-state index contributed by atoms with van der Waals surface area (Å²) in [4.78, 5) is 7.71. The van der Waals surface area contributed by atoms with Crippen molar-refractivity contribution < 1.29 is 4.74 Å². The highest BCUT2D eigenvalue weighted by atomic mass is 16.5. The van der Waals surface area contributed by atoms with Gasteiger partial charge in [-0.15, -0.1) is 0 Å². The number of guanidine groups is 1. The molecule has 0 saturated heterocycles. The van der Waals surface area contributed by atoms with Crippen LogP contribution in [0.1, 0.15) is 0 Å². The standard InChI is InChI=1S/C5H10N8O/c6-1-2-14-5-10-3(12-7)9-4(11-5)13-8/h3,12H,2,7-8H2,(H2,9,10,11,13). The summed E-state index contributed by atoms with van der Waals surface area (Å²) in [5.74, 6) is 10.5. The van der Waals surface area contributed by atoms with E-state index in [9.17, 15) is 0 Å². The maximum absolute atomic E-state index is 8.27. The van der Waals surface area contributed by atoms with Crippen molar-refractivity contribution >= 4 is 12.0 Å². The predicted octanol–water partition coefficient (Wildman–Crippen LogP) is -2.95. The van der Waals surface area contributed by atoms with E-state index in [1.807, 2.05) is 0 Å². The second-order valence-electron chi connectivity index (χ2n) is 2.17. The van der Waals surface area contributed by atoms with Gasteiger partial charge in [-0.25, -0.2) is 16.3 Å². The third kappa shape index (κ3) is 2.56. The van der Waals surface area contributed by atoms with E-state index in [0.29, 0.717) is 0 Å². The van der Waals surface area contributed by atoms with Crippen molar-refractivity contribution in [3.8, 4) is 6.07 Å². The zero-order valence-electron chi connectivity index (χ0n) is 7.19. The summed E-state index contributed by atoms with van der Waals surface area (Å²) in [6.45, 7) is -0.124. The molecule has 0 aliphatic carbocycles. The van der Waals surface area contributed by atoms with Crippen LogP contribution in [0.3, 0.4) is 0 Å². The Labute approximate surface area is 79.8 Å². The van der Waals surface area contributed by atoms with E-state index < -0.39 is 6.29 Å². The number of nitrogens with two attached hydrogens (primary N) is 2. The molecule has 7 N–H and O–H groups in total. The number of nitrogens with one attached hydrogen (secondary N) is 3. The number of hydrazine groups is 2. The molecular weight excluding hydrogens is 188 g/mol. The van der Waals surface area contributed by atoms with E-state index in [1.54, 1.807) is 6.07 Å². The van der Waals surface area contributed by atoms with Crippen molar-refractivity contribution in [3.05, 3.63) is 0 Å². The minimum absolute atomic E-state index is 0.123. The Bertz CT molecular complexity index is 291. The maximum atomic E-state index is 8.27. The molecule has 0 aromatic heterocycles. The first-order valence-corrected chi connectivity index (χ1v) is 3.65. The SMILES string of the molecule is N#CCOC1=NC(NN)N=C(NN)N1. The van der Waals surface area contributed by atoms with Crippen LogP contribution in [-0.2, 0) is 4.74 Å². The lowest BCUT2D eigenvalue weighted by atomic mass is 10.7. The van der Waals surface area contributed by atoms with E-state index in [2.05, 4.69) is 26.2 Å². The van der Waals surface area contributed by atoms with Gasteiger partial charge < -0.3 is 4.74 Å². The smallest absolute Gasteiger partial charge is 0.296 e. The number of nitrogens with zero attached hydrogens (tertiary/aromatic N) is 3. The van der Waals surface area contributed by atoms with E-state index >= 15 is 0 Å².